The van der Waals surface area contributed by atoms with Gasteiger partial charge in [0, 0.05) is 30.9 Å². The Morgan fingerprint density at radius 2 is 1.94 bits per heavy atom. The van der Waals surface area contributed by atoms with Crippen molar-refractivity contribution in [2.45, 2.75) is 69.6 Å². The molecule has 5 unspecified atom stereocenters. The van der Waals surface area contributed by atoms with Gasteiger partial charge in [0.15, 0.2) is 0 Å². The van der Waals surface area contributed by atoms with Crippen LogP contribution in [-0.2, 0) is 9.53 Å². The van der Waals surface area contributed by atoms with Crippen LogP contribution in [0.25, 0.3) is 0 Å². The smallest absolute Gasteiger partial charge is 0.380 e. The molecule has 0 spiro atoms. The molecule has 11 heteroatoms. The van der Waals surface area contributed by atoms with Crippen LogP contribution in [0.4, 0.5) is 18.9 Å². The van der Waals surface area contributed by atoms with E-state index in [-0.39, 0.29) is 40.9 Å². The highest BCUT2D eigenvalue weighted by atomic mass is 19.4. The number of alkyl halides is 3. The van der Waals surface area contributed by atoms with E-state index in [0.29, 0.717) is 38.3 Å². The average Bonchev–Trinajstić information content (AvgIpc) is 3.28. The maximum atomic E-state index is 13.8. The fourth-order valence-electron chi connectivity index (χ4n) is 5.73. The van der Waals surface area contributed by atoms with Crippen LogP contribution in [0, 0.1) is 28.6 Å². The minimum Gasteiger partial charge on any atom is -0.380 e. The van der Waals surface area contributed by atoms with Gasteiger partial charge >= 0.3 is 6.18 Å². The Morgan fingerprint density at radius 3 is 2.58 bits per heavy atom. The molecule has 1 aliphatic carbocycles. The average molecular weight is 507 g/mol. The zero-order valence-electron chi connectivity index (χ0n) is 20.4. The van der Waals surface area contributed by atoms with Crippen LogP contribution in [0.5, 0.6) is 0 Å². The number of hydrazine groups is 1. The van der Waals surface area contributed by atoms with Crippen LogP contribution in [0.1, 0.15) is 44.7 Å². The van der Waals surface area contributed by atoms with Crippen LogP contribution in [0.3, 0.4) is 0 Å². The van der Waals surface area contributed by atoms with Gasteiger partial charge in [-0.25, -0.2) is 10.4 Å². The van der Waals surface area contributed by atoms with Crippen molar-refractivity contribution in [1.29, 1.82) is 5.26 Å². The van der Waals surface area contributed by atoms with E-state index in [1.54, 1.807) is 12.1 Å². The van der Waals surface area contributed by atoms with Crippen LogP contribution < -0.4 is 21.4 Å². The number of piperidine rings is 1. The SMILES string of the molecule is CC1(C)CC1NC(c1ccc(NC2NN([C@H]3COCC[C@@H]3C#N)C3CCNC(=O)C23)cc1)C(F)(F)F. The largest absolute Gasteiger partial charge is 0.407 e. The molecule has 3 saturated heterocycles. The summed E-state index contributed by atoms with van der Waals surface area (Å²) in [6.07, 6.45) is -2.80. The van der Waals surface area contributed by atoms with Gasteiger partial charge in [-0.05, 0) is 42.4 Å². The zero-order valence-corrected chi connectivity index (χ0v) is 20.4. The van der Waals surface area contributed by atoms with Gasteiger partial charge in [-0.15, -0.1) is 0 Å². The monoisotopic (exact) mass is 506 g/mol. The second-order valence-corrected chi connectivity index (χ2v) is 11.0. The summed E-state index contributed by atoms with van der Waals surface area (Å²) in [5.74, 6) is -0.714. The number of rotatable bonds is 6. The lowest BCUT2D eigenvalue weighted by molar-refractivity contribution is -0.158. The molecule has 4 aliphatic rings. The number of halogens is 3. The highest BCUT2D eigenvalue weighted by molar-refractivity contribution is 5.82. The van der Waals surface area contributed by atoms with E-state index < -0.39 is 24.3 Å². The second-order valence-electron chi connectivity index (χ2n) is 11.0. The Balaban J connectivity index is 1.32. The van der Waals surface area contributed by atoms with E-state index in [1.807, 2.05) is 18.9 Å². The van der Waals surface area contributed by atoms with Crippen LogP contribution in [-0.4, -0.2) is 61.1 Å². The lowest BCUT2D eigenvalue weighted by Gasteiger charge is -2.39. The highest BCUT2D eigenvalue weighted by Crippen LogP contribution is 2.47. The Morgan fingerprint density at radius 1 is 1.22 bits per heavy atom. The lowest BCUT2D eigenvalue weighted by Crippen LogP contribution is -2.56. The Labute approximate surface area is 208 Å². The van der Waals surface area contributed by atoms with E-state index in [1.165, 1.54) is 12.1 Å². The summed E-state index contributed by atoms with van der Waals surface area (Å²) in [4.78, 5) is 12.8. The molecule has 7 atom stereocenters. The third-order valence-corrected chi connectivity index (χ3v) is 8.09. The summed E-state index contributed by atoms with van der Waals surface area (Å²) in [6.45, 7) is 5.40. The molecular formula is C25H33F3N6O2. The predicted octanol–water partition coefficient (Wildman–Crippen LogP) is 2.67. The molecule has 1 aromatic carbocycles. The summed E-state index contributed by atoms with van der Waals surface area (Å²) in [5, 5.41) is 20.6. The van der Waals surface area contributed by atoms with Gasteiger partial charge < -0.3 is 15.4 Å². The number of amides is 1. The number of hydrogen-bond acceptors (Lipinski definition) is 7. The lowest BCUT2D eigenvalue weighted by atomic mass is 9.88. The Hall–Kier alpha value is -2.39. The predicted molar refractivity (Wildman–Crippen MR) is 126 cm³/mol. The minimum atomic E-state index is -4.41. The first kappa shape index (κ1) is 25.3. The molecule has 36 heavy (non-hydrogen) atoms. The van der Waals surface area contributed by atoms with E-state index in [0.717, 1.165) is 6.42 Å². The van der Waals surface area contributed by atoms with E-state index >= 15 is 0 Å². The van der Waals surface area contributed by atoms with E-state index in [4.69, 9.17) is 4.74 Å². The molecule has 196 valence electrons. The van der Waals surface area contributed by atoms with Gasteiger partial charge in [-0.1, -0.05) is 26.0 Å². The van der Waals surface area contributed by atoms with Gasteiger partial charge in [-0.3, -0.25) is 10.1 Å². The molecule has 1 aromatic rings. The molecule has 8 nitrogen and oxygen atoms in total. The maximum absolute atomic E-state index is 13.8. The Kier molecular flexibility index (Phi) is 6.66. The maximum Gasteiger partial charge on any atom is 0.407 e. The van der Waals surface area contributed by atoms with Crippen molar-refractivity contribution in [3.63, 3.8) is 0 Å². The summed E-state index contributed by atoms with van der Waals surface area (Å²) in [7, 11) is 0. The number of hydrogen-bond donors (Lipinski definition) is 4. The normalized spacial score (nSPS) is 34.8. The van der Waals surface area contributed by atoms with Crippen molar-refractivity contribution in [2.75, 3.05) is 25.1 Å². The molecule has 1 saturated carbocycles. The van der Waals surface area contributed by atoms with Crippen LogP contribution >= 0.6 is 0 Å². The number of carbonyl (C=O) groups is 1. The number of fused-ring (bicyclic) bond motifs is 1. The molecule has 0 radical (unpaired) electrons. The molecule has 4 N–H and O–H groups in total. The number of ether oxygens (including phenoxy) is 1. The van der Waals surface area contributed by atoms with Crippen molar-refractivity contribution in [3.8, 4) is 6.07 Å². The Bertz CT molecular complexity index is 1010. The summed E-state index contributed by atoms with van der Waals surface area (Å²) in [5.41, 5.74) is 4.02. The fourth-order valence-corrected chi connectivity index (χ4v) is 5.73. The van der Waals surface area contributed by atoms with E-state index in [2.05, 4.69) is 27.4 Å². The van der Waals surface area contributed by atoms with Crippen molar-refractivity contribution in [2.24, 2.45) is 17.3 Å². The minimum absolute atomic E-state index is 0.0889. The highest BCUT2D eigenvalue weighted by Gasteiger charge is 2.52. The van der Waals surface area contributed by atoms with Gasteiger partial charge in [0.05, 0.1) is 30.6 Å². The number of nitriles is 1. The fraction of sp³-hybridized carbons (Fsp3) is 0.680. The van der Waals surface area contributed by atoms with Gasteiger partial charge in [-0.2, -0.15) is 18.4 Å². The molecule has 5 rings (SSSR count). The molecule has 0 bridgehead atoms. The van der Waals surface area contributed by atoms with Gasteiger partial charge in [0.2, 0.25) is 5.91 Å². The molecule has 0 aromatic heterocycles. The standard InChI is InChI=1S/C25H33F3N6O2/c1-24(2)11-19(24)32-21(25(26,27)28)14-3-5-16(6-4-14)31-22-20-17(7-9-30-23(20)35)34(33-22)18-13-36-10-8-15(18)12-29/h3-6,15,17-22,31-33H,7-11,13H2,1-2H3,(H,30,35)/t15-,17?,18+,19?,20?,21?,22?/m1/s1. The van der Waals surface area contributed by atoms with Crippen LogP contribution in [0.15, 0.2) is 24.3 Å². The quantitative estimate of drug-likeness (QED) is 0.471. The molecule has 1 amide bonds. The van der Waals surface area contributed by atoms with Gasteiger partial charge in [0.25, 0.3) is 0 Å². The third kappa shape index (κ3) is 4.92. The summed E-state index contributed by atoms with van der Waals surface area (Å²) in [6, 6.07) is 6.38. The number of nitrogens with zero attached hydrogens (tertiary/aromatic N) is 2. The second kappa shape index (κ2) is 9.49. The molecule has 4 fully saturated rings. The third-order valence-electron chi connectivity index (χ3n) is 8.09. The van der Waals surface area contributed by atoms with E-state index in [9.17, 15) is 23.2 Å². The summed E-state index contributed by atoms with van der Waals surface area (Å²) >= 11 is 0. The first-order valence-corrected chi connectivity index (χ1v) is 12.6. The first-order chi connectivity index (χ1) is 17.1. The number of nitrogens with one attached hydrogen (secondary N) is 4. The number of anilines is 1. The number of benzene rings is 1. The zero-order chi connectivity index (χ0) is 25.7. The molecule has 3 aliphatic heterocycles. The van der Waals surface area contributed by atoms with Crippen molar-refractivity contribution in [1.82, 2.24) is 21.1 Å². The van der Waals surface area contributed by atoms with Crippen molar-refractivity contribution in [3.05, 3.63) is 29.8 Å². The van der Waals surface area contributed by atoms with Crippen molar-refractivity contribution < 1.29 is 22.7 Å². The van der Waals surface area contributed by atoms with Crippen LogP contribution in [0.2, 0.25) is 0 Å². The van der Waals surface area contributed by atoms with Crippen molar-refractivity contribution >= 4 is 11.6 Å². The summed E-state index contributed by atoms with van der Waals surface area (Å²) < 4.78 is 47.1. The number of carbonyl (C=O) groups excluding carboxylic acids is 1. The van der Waals surface area contributed by atoms with Gasteiger partial charge in [0.1, 0.15) is 12.2 Å². The topological polar surface area (TPSA) is 101 Å². The first-order valence-electron chi connectivity index (χ1n) is 12.6. The molecule has 3 heterocycles. The molecular weight excluding hydrogens is 473 g/mol.